The Kier molecular flexibility index (Phi) is 5.71. The number of nitrogens with one attached hydrogen (secondary N) is 1. The van der Waals surface area contributed by atoms with Crippen LogP contribution in [0.15, 0.2) is 42.5 Å². The van der Waals surface area contributed by atoms with Crippen molar-refractivity contribution in [3.8, 4) is 0 Å². The number of amides is 1. The zero-order chi connectivity index (χ0) is 16.8. The number of anilines is 1. The Balaban J connectivity index is 1.96. The maximum absolute atomic E-state index is 13.5. The number of ether oxygens (including phenoxy) is 1. The third-order valence-corrected chi connectivity index (χ3v) is 3.39. The Labute approximate surface area is 138 Å². The van der Waals surface area contributed by atoms with Crippen LogP contribution in [-0.2, 0) is 16.0 Å². The largest absolute Gasteiger partial charge is 0.452 e. The Bertz CT molecular complexity index is 734. The molecule has 0 fully saturated rings. The molecule has 4 nitrogen and oxygen atoms in total. The average molecular weight is 336 g/mol. The normalized spacial score (nSPS) is 10.2. The summed E-state index contributed by atoms with van der Waals surface area (Å²) < 4.78 is 18.4. The predicted molar refractivity (Wildman–Crippen MR) is 86.1 cm³/mol. The lowest BCUT2D eigenvalue weighted by molar-refractivity contribution is -0.119. The summed E-state index contributed by atoms with van der Waals surface area (Å²) in [5, 5.41) is 2.87. The molecule has 2 rings (SSSR count). The fraction of sp³-hybridized carbons (Fsp3) is 0.176. The van der Waals surface area contributed by atoms with Crippen molar-refractivity contribution in [2.45, 2.75) is 13.3 Å². The maximum atomic E-state index is 13.5. The zero-order valence-corrected chi connectivity index (χ0v) is 13.2. The maximum Gasteiger partial charge on any atom is 0.341 e. The first-order valence-electron chi connectivity index (χ1n) is 7.01. The molecule has 0 heterocycles. The van der Waals surface area contributed by atoms with Gasteiger partial charge in [-0.2, -0.15) is 0 Å². The van der Waals surface area contributed by atoms with Crippen LogP contribution in [0.3, 0.4) is 0 Å². The third kappa shape index (κ3) is 4.53. The second-order valence-corrected chi connectivity index (χ2v) is 5.20. The van der Waals surface area contributed by atoms with Crippen LogP contribution in [0.5, 0.6) is 0 Å². The van der Waals surface area contributed by atoms with E-state index in [1.54, 1.807) is 12.1 Å². The van der Waals surface area contributed by atoms with Crippen molar-refractivity contribution in [3.63, 3.8) is 0 Å². The molecule has 2 aromatic carbocycles. The lowest BCUT2D eigenvalue weighted by Gasteiger charge is -2.10. The van der Waals surface area contributed by atoms with Gasteiger partial charge in [0.15, 0.2) is 6.61 Å². The molecule has 0 spiro atoms. The molecule has 1 N–H and O–H groups in total. The Morgan fingerprint density at radius 2 is 1.96 bits per heavy atom. The number of aryl methyl sites for hydroxylation is 1. The van der Waals surface area contributed by atoms with E-state index >= 15 is 0 Å². The van der Waals surface area contributed by atoms with Gasteiger partial charge < -0.3 is 10.1 Å². The molecule has 1 amide bonds. The summed E-state index contributed by atoms with van der Waals surface area (Å²) >= 11 is 5.71. The minimum absolute atomic E-state index is 0.208. The van der Waals surface area contributed by atoms with Gasteiger partial charge in [-0.25, -0.2) is 9.18 Å². The van der Waals surface area contributed by atoms with E-state index in [2.05, 4.69) is 5.32 Å². The average Bonchev–Trinajstić information content (AvgIpc) is 2.55. The number of para-hydroxylation sites is 1. The minimum Gasteiger partial charge on any atom is -0.452 e. The second kappa shape index (κ2) is 7.74. The first kappa shape index (κ1) is 17.0. The van der Waals surface area contributed by atoms with Crippen LogP contribution in [0.25, 0.3) is 0 Å². The summed E-state index contributed by atoms with van der Waals surface area (Å²) in [6.45, 7) is 1.45. The van der Waals surface area contributed by atoms with Crippen LogP contribution in [-0.4, -0.2) is 18.5 Å². The van der Waals surface area contributed by atoms with E-state index in [-0.39, 0.29) is 10.6 Å². The van der Waals surface area contributed by atoms with Crippen molar-refractivity contribution >= 4 is 29.2 Å². The topological polar surface area (TPSA) is 55.4 Å². The highest BCUT2D eigenvalue weighted by Gasteiger charge is 2.15. The first-order valence-corrected chi connectivity index (χ1v) is 7.39. The van der Waals surface area contributed by atoms with Gasteiger partial charge >= 0.3 is 5.97 Å². The third-order valence-electron chi connectivity index (χ3n) is 3.16. The van der Waals surface area contributed by atoms with Crippen LogP contribution >= 0.6 is 11.6 Å². The summed E-state index contributed by atoms with van der Waals surface area (Å²) in [7, 11) is 0. The summed E-state index contributed by atoms with van der Waals surface area (Å²) in [6.07, 6.45) is 0.754. The Morgan fingerprint density at radius 3 is 2.70 bits per heavy atom. The van der Waals surface area contributed by atoms with E-state index < -0.39 is 24.3 Å². The standard InChI is InChI=1S/C17H15ClFNO3/c1-2-11-5-3-4-6-15(11)20-16(21)10-23-17(22)13-9-12(18)7-8-14(13)19/h3-9H,2,10H2,1H3,(H,20,21). The number of hydrogen-bond acceptors (Lipinski definition) is 3. The van der Waals surface area contributed by atoms with Crippen molar-refractivity contribution in [2.24, 2.45) is 0 Å². The van der Waals surface area contributed by atoms with E-state index in [1.165, 1.54) is 6.07 Å². The van der Waals surface area contributed by atoms with Gasteiger partial charge in [-0.3, -0.25) is 4.79 Å². The molecule has 2 aromatic rings. The molecule has 0 aliphatic carbocycles. The van der Waals surface area contributed by atoms with Crippen molar-refractivity contribution in [1.82, 2.24) is 0 Å². The van der Waals surface area contributed by atoms with Gasteiger partial charge in [-0.15, -0.1) is 0 Å². The number of carbonyl (C=O) groups is 2. The highest BCUT2D eigenvalue weighted by atomic mass is 35.5. The van der Waals surface area contributed by atoms with E-state index in [4.69, 9.17) is 16.3 Å². The molecular formula is C17H15ClFNO3. The number of rotatable bonds is 5. The predicted octanol–water partition coefficient (Wildman–Crippen LogP) is 3.84. The van der Waals surface area contributed by atoms with Crippen LogP contribution in [0, 0.1) is 5.82 Å². The molecule has 120 valence electrons. The van der Waals surface area contributed by atoms with E-state index in [9.17, 15) is 14.0 Å². The summed E-state index contributed by atoms with van der Waals surface area (Å²) in [5.41, 5.74) is 1.32. The zero-order valence-electron chi connectivity index (χ0n) is 12.4. The van der Waals surface area contributed by atoms with Crippen LogP contribution in [0.2, 0.25) is 5.02 Å². The van der Waals surface area contributed by atoms with Gasteiger partial charge in [0.2, 0.25) is 0 Å². The smallest absolute Gasteiger partial charge is 0.341 e. The summed E-state index contributed by atoms with van der Waals surface area (Å²) in [4.78, 5) is 23.7. The van der Waals surface area contributed by atoms with Crippen molar-refractivity contribution in [3.05, 3.63) is 64.4 Å². The molecule has 0 saturated carbocycles. The van der Waals surface area contributed by atoms with Gasteiger partial charge in [0.05, 0.1) is 5.56 Å². The molecule has 0 aromatic heterocycles. The van der Waals surface area contributed by atoms with Gasteiger partial charge in [0, 0.05) is 10.7 Å². The first-order chi connectivity index (χ1) is 11.0. The lowest BCUT2D eigenvalue weighted by atomic mass is 10.1. The van der Waals surface area contributed by atoms with Crippen LogP contribution in [0.1, 0.15) is 22.8 Å². The summed E-state index contributed by atoms with van der Waals surface area (Å²) in [5.74, 6) is -2.19. The van der Waals surface area contributed by atoms with Crippen LogP contribution in [0.4, 0.5) is 10.1 Å². The fourth-order valence-corrected chi connectivity index (χ4v) is 2.17. The Morgan fingerprint density at radius 1 is 1.22 bits per heavy atom. The molecule has 23 heavy (non-hydrogen) atoms. The van der Waals surface area contributed by atoms with Crippen molar-refractivity contribution in [2.75, 3.05) is 11.9 Å². The molecule has 0 bridgehead atoms. The van der Waals surface area contributed by atoms with Gasteiger partial charge in [-0.05, 0) is 36.2 Å². The van der Waals surface area contributed by atoms with Crippen LogP contribution < -0.4 is 5.32 Å². The molecule has 0 aliphatic rings. The highest BCUT2D eigenvalue weighted by molar-refractivity contribution is 6.30. The summed E-state index contributed by atoms with van der Waals surface area (Å²) in [6, 6.07) is 10.9. The number of esters is 1. The van der Waals surface area contributed by atoms with Crippen molar-refractivity contribution in [1.29, 1.82) is 0 Å². The number of carbonyl (C=O) groups excluding carboxylic acids is 2. The van der Waals surface area contributed by atoms with E-state index in [0.717, 1.165) is 24.1 Å². The number of halogens is 2. The van der Waals surface area contributed by atoms with E-state index in [1.807, 2.05) is 19.1 Å². The molecule has 0 atom stereocenters. The highest BCUT2D eigenvalue weighted by Crippen LogP contribution is 2.17. The molecule has 0 radical (unpaired) electrons. The second-order valence-electron chi connectivity index (χ2n) is 4.76. The molecule has 6 heteroatoms. The van der Waals surface area contributed by atoms with E-state index in [0.29, 0.717) is 5.69 Å². The lowest BCUT2D eigenvalue weighted by Crippen LogP contribution is -2.22. The quantitative estimate of drug-likeness (QED) is 0.845. The minimum atomic E-state index is -0.941. The van der Waals surface area contributed by atoms with Gasteiger partial charge in [0.25, 0.3) is 5.91 Å². The number of benzene rings is 2. The monoisotopic (exact) mass is 335 g/mol. The molecule has 0 saturated heterocycles. The number of hydrogen-bond donors (Lipinski definition) is 1. The Hall–Kier alpha value is -2.40. The van der Waals surface area contributed by atoms with Gasteiger partial charge in [0.1, 0.15) is 5.82 Å². The molecule has 0 unspecified atom stereocenters. The fourth-order valence-electron chi connectivity index (χ4n) is 2.00. The van der Waals surface area contributed by atoms with Gasteiger partial charge in [-0.1, -0.05) is 36.7 Å². The van der Waals surface area contributed by atoms with Crippen molar-refractivity contribution < 1.29 is 18.7 Å². The SMILES string of the molecule is CCc1ccccc1NC(=O)COC(=O)c1cc(Cl)ccc1F. The molecular weight excluding hydrogens is 321 g/mol. The molecule has 0 aliphatic heterocycles.